The van der Waals surface area contributed by atoms with E-state index in [0.717, 1.165) is 48.3 Å². The summed E-state index contributed by atoms with van der Waals surface area (Å²) in [6, 6.07) is 11.9. The summed E-state index contributed by atoms with van der Waals surface area (Å²) >= 11 is 0. The number of carbonyl (C=O) groups excluding carboxylic acids is 2. The zero-order valence-electron chi connectivity index (χ0n) is 19.3. The average molecular weight is 434 g/mol. The van der Waals surface area contributed by atoms with Crippen LogP contribution in [0.15, 0.2) is 35.9 Å². The van der Waals surface area contributed by atoms with Gasteiger partial charge in [0.15, 0.2) is 6.61 Å². The molecule has 1 aromatic heterocycles. The highest BCUT2D eigenvalue weighted by atomic mass is 16.5. The molecule has 6 nitrogen and oxygen atoms in total. The Kier molecular flexibility index (Phi) is 7.53. The van der Waals surface area contributed by atoms with Gasteiger partial charge in [0.1, 0.15) is 11.6 Å². The molecule has 1 heterocycles. The van der Waals surface area contributed by atoms with Gasteiger partial charge < -0.3 is 14.6 Å². The Morgan fingerprint density at radius 1 is 1.31 bits per heavy atom. The number of nitrogens with one attached hydrogen (secondary N) is 1. The number of amides is 1. The molecule has 1 N–H and O–H groups in total. The van der Waals surface area contributed by atoms with E-state index in [4.69, 9.17) is 4.74 Å². The van der Waals surface area contributed by atoms with Crippen LogP contribution in [-0.2, 0) is 27.3 Å². The Hall–Kier alpha value is -3.33. The molecule has 1 aliphatic carbocycles. The van der Waals surface area contributed by atoms with Crippen molar-refractivity contribution < 1.29 is 14.3 Å². The van der Waals surface area contributed by atoms with Crippen molar-refractivity contribution in [3.8, 4) is 6.07 Å². The number of nitriles is 1. The van der Waals surface area contributed by atoms with Crippen LogP contribution in [0.4, 0.5) is 0 Å². The van der Waals surface area contributed by atoms with Crippen LogP contribution in [0.1, 0.15) is 60.8 Å². The Morgan fingerprint density at radius 2 is 2.06 bits per heavy atom. The number of hydrogen-bond donors (Lipinski definition) is 1. The molecular formula is C26H31N3O3. The maximum atomic E-state index is 12.5. The lowest BCUT2D eigenvalue weighted by atomic mass is 9.88. The third kappa shape index (κ3) is 5.47. The highest BCUT2D eigenvalue weighted by Crippen LogP contribution is 2.29. The Labute approximate surface area is 189 Å². The van der Waals surface area contributed by atoms with Crippen molar-refractivity contribution >= 4 is 18.0 Å². The second-order valence-corrected chi connectivity index (χ2v) is 8.79. The molecule has 2 aromatic rings. The number of nitrogens with zero attached hydrogens (tertiary/aromatic N) is 2. The average Bonchev–Trinajstić information content (AvgIpc) is 3.03. The van der Waals surface area contributed by atoms with Gasteiger partial charge in [-0.15, -0.1) is 0 Å². The zero-order chi connectivity index (χ0) is 23.3. The number of aromatic nitrogens is 1. The number of aryl methyl sites for hydroxylation is 2. The van der Waals surface area contributed by atoms with E-state index in [1.54, 1.807) is 0 Å². The summed E-state index contributed by atoms with van der Waals surface area (Å²) in [4.78, 5) is 24.9. The summed E-state index contributed by atoms with van der Waals surface area (Å²) in [6.07, 6.45) is 4.40. The van der Waals surface area contributed by atoms with Gasteiger partial charge in [-0.3, -0.25) is 4.79 Å². The van der Waals surface area contributed by atoms with Crippen molar-refractivity contribution in [3.63, 3.8) is 0 Å². The first-order valence-electron chi connectivity index (χ1n) is 11.1. The fraction of sp³-hybridized carbons (Fsp3) is 0.423. The van der Waals surface area contributed by atoms with Gasteiger partial charge in [0, 0.05) is 17.9 Å². The maximum Gasteiger partial charge on any atom is 0.349 e. The minimum Gasteiger partial charge on any atom is -0.451 e. The van der Waals surface area contributed by atoms with E-state index in [2.05, 4.69) is 29.8 Å². The monoisotopic (exact) mass is 433 g/mol. The third-order valence-electron chi connectivity index (χ3n) is 5.84. The molecule has 0 fully saturated rings. The van der Waals surface area contributed by atoms with Crippen molar-refractivity contribution in [2.75, 3.05) is 6.61 Å². The molecule has 3 rings (SSSR count). The molecule has 6 heteroatoms. The smallest absolute Gasteiger partial charge is 0.349 e. The summed E-state index contributed by atoms with van der Waals surface area (Å²) in [6.45, 7) is 8.71. The molecule has 0 bridgehead atoms. The summed E-state index contributed by atoms with van der Waals surface area (Å²) in [5.74, 6) is -0.681. The van der Waals surface area contributed by atoms with Crippen LogP contribution in [-0.4, -0.2) is 23.1 Å². The number of hydrogen-bond acceptors (Lipinski definition) is 4. The van der Waals surface area contributed by atoms with E-state index < -0.39 is 12.6 Å². The standard InChI is InChI=1S/C26H31N3O3/c1-17(2)15-29-18(3)12-21(19(29)4)13-22(14-27)26(31)32-16-25(30)28-24-11-7-9-20-8-5-6-10-23(20)24/h5-6,8,10,12-13,17,24H,7,9,11,15-16H2,1-4H3,(H,28,30)/b22-13-. The van der Waals surface area contributed by atoms with E-state index in [-0.39, 0.29) is 17.5 Å². The molecule has 1 atom stereocenters. The van der Waals surface area contributed by atoms with Crippen molar-refractivity contribution in [2.45, 2.75) is 59.5 Å². The van der Waals surface area contributed by atoms with Gasteiger partial charge in [-0.25, -0.2) is 4.79 Å². The molecular weight excluding hydrogens is 402 g/mol. The van der Waals surface area contributed by atoms with Crippen molar-refractivity contribution in [3.05, 3.63) is 64.0 Å². The molecule has 0 saturated heterocycles. The van der Waals surface area contributed by atoms with Crippen LogP contribution in [0.5, 0.6) is 0 Å². The molecule has 0 spiro atoms. The second-order valence-electron chi connectivity index (χ2n) is 8.79. The van der Waals surface area contributed by atoms with Gasteiger partial charge in [-0.05, 0) is 67.9 Å². The molecule has 1 aliphatic rings. The normalized spacial score (nSPS) is 15.8. The first-order chi connectivity index (χ1) is 15.3. The number of fused-ring (bicyclic) bond motifs is 1. The van der Waals surface area contributed by atoms with Gasteiger partial charge in [-0.2, -0.15) is 5.26 Å². The SMILES string of the molecule is Cc1cc(/C=C(/C#N)C(=O)OCC(=O)NC2CCCc3ccccc32)c(C)n1CC(C)C. The minimum absolute atomic E-state index is 0.0801. The fourth-order valence-corrected chi connectivity index (χ4v) is 4.26. The Balaban J connectivity index is 1.63. The first-order valence-corrected chi connectivity index (χ1v) is 11.1. The predicted molar refractivity (Wildman–Crippen MR) is 124 cm³/mol. The summed E-state index contributed by atoms with van der Waals surface area (Å²) in [7, 11) is 0. The molecule has 0 aliphatic heterocycles. The highest BCUT2D eigenvalue weighted by Gasteiger charge is 2.22. The number of benzene rings is 1. The largest absolute Gasteiger partial charge is 0.451 e. The van der Waals surface area contributed by atoms with E-state index in [1.807, 2.05) is 44.2 Å². The lowest BCUT2D eigenvalue weighted by molar-refractivity contribution is -0.144. The zero-order valence-corrected chi connectivity index (χ0v) is 19.3. The summed E-state index contributed by atoms with van der Waals surface area (Å²) in [5.41, 5.74) is 5.11. The van der Waals surface area contributed by atoms with Crippen LogP contribution in [0.3, 0.4) is 0 Å². The van der Waals surface area contributed by atoms with Gasteiger partial charge in [-0.1, -0.05) is 38.1 Å². The summed E-state index contributed by atoms with van der Waals surface area (Å²) in [5, 5.41) is 12.4. The number of rotatable bonds is 7. The number of carbonyl (C=O) groups is 2. The summed E-state index contributed by atoms with van der Waals surface area (Å²) < 4.78 is 7.32. The molecule has 0 radical (unpaired) electrons. The molecule has 32 heavy (non-hydrogen) atoms. The maximum absolute atomic E-state index is 12.5. The van der Waals surface area contributed by atoms with Crippen molar-refractivity contribution in [1.82, 2.24) is 9.88 Å². The molecule has 1 amide bonds. The van der Waals surface area contributed by atoms with Crippen molar-refractivity contribution in [2.24, 2.45) is 5.92 Å². The van der Waals surface area contributed by atoms with Gasteiger partial charge in [0.2, 0.25) is 0 Å². The predicted octanol–water partition coefficient (Wildman–Crippen LogP) is 4.40. The number of esters is 1. The van der Waals surface area contributed by atoms with Crippen LogP contribution in [0, 0.1) is 31.1 Å². The van der Waals surface area contributed by atoms with E-state index >= 15 is 0 Å². The third-order valence-corrected chi connectivity index (χ3v) is 5.84. The van der Waals surface area contributed by atoms with Crippen LogP contribution in [0.25, 0.3) is 6.08 Å². The van der Waals surface area contributed by atoms with E-state index in [0.29, 0.717) is 5.92 Å². The van der Waals surface area contributed by atoms with Crippen LogP contribution in [0.2, 0.25) is 0 Å². The lowest BCUT2D eigenvalue weighted by Gasteiger charge is -2.26. The van der Waals surface area contributed by atoms with Crippen LogP contribution >= 0.6 is 0 Å². The highest BCUT2D eigenvalue weighted by molar-refractivity contribution is 5.99. The minimum atomic E-state index is -0.791. The van der Waals surface area contributed by atoms with Gasteiger partial charge in [0.05, 0.1) is 6.04 Å². The fourth-order valence-electron chi connectivity index (χ4n) is 4.26. The first kappa shape index (κ1) is 23.3. The van der Waals surface area contributed by atoms with Crippen molar-refractivity contribution in [1.29, 1.82) is 5.26 Å². The van der Waals surface area contributed by atoms with E-state index in [9.17, 15) is 14.9 Å². The molecule has 1 aromatic carbocycles. The van der Waals surface area contributed by atoms with Gasteiger partial charge >= 0.3 is 5.97 Å². The lowest BCUT2D eigenvalue weighted by Crippen LogP contribution is -2.34. The Bertz CT molecular complexity index is 1070. The quantitative estimate of drug-likeness (QED) is 0.398. The van der Waals surface area contributed by atoms with Gasteiger partial charge in [0.25, 0.3) is 5.91 Å². The molecule has 1 unspecified atom stereocenters. The second kappa shape index (κ2) is 10.3. The van der Waals surface area contributed by atoms with Crippen LogP contribution < -0.4 is 5.32 Å². The molecule has 0 saturated carbocycles. The van der Waals surface area contributed by atoms with E-state index in [1.165, 1.54) is 11.6 Å². The topological polar surface area (TPSA) is 84.1 Å². The Morgan fingerprint density at radius 3 is 2.78 bits per heavy atom. The molecule has 168 valence electrons. The number of ether oxygens (including phenoxy) is 1.